The van der Waals surface area contributed by atoms with E-state index < -0.39 is 11.8 Å². The Morgan fingerprint density at radius 2 is 2.10 bits per heavy atom. The van der Waals surface area contributed by atoms with Gasteiger partial charge in [0, 0.05) is 12.1 Å². The van der Waals surface area contributed by atoms with E-state index in [4.69, 9.17) is 10.5 Å². The summed E-state index contributed by atoms with van der Waals surface area (Å²) in [6.07, 6.45) is 0. The molecule has 2 N–H and O–H groups in total. The van der Waals surface area contributed by atoms with Gasteiger partial charge in [0.1, 0.15) is 5.82 Å². The van der Waals surface area contributed by atoms with Crippen molar-refractivity contribution in [1.29, 1.82) is 0 Å². The van der Waals surface area contributed by atoms with Crippen LogP contribution >= 0.6 is 15.9 Å². The van der Waals surface area contributed by atoms with Gasteiger partial charge in [0.2, 0.25) is 5.88 Å². The van der Waals surface area contributed by atoms with Gasteiger partial charge in [0.15, 0.2) is 5.75 Å². The van der Waals surface area contributed by atoms with Gasteiger partial charge >= 0.3 is 5.97 Å². The fourth-order valence-electron chi connectivity index (χ4n) is 1.67. The van der Waals surface area contributed by atoms with Crippen molar-refractivity contribution in [2.45, 2.75) is 6.92 Å². The Balaban J connectivity index is 2.31. The van der Waals surface area contributed by atoms with Crippen LogP contribution in [0.1, 0.15) is 16.1 Å². The molecule has 0 saturated carbocycles. The van der Waals surface area contributed by atoms with Crippen molar-refractivity contribution in [3.63, 3.8) is 0 Å². The molecule has 0 amide bonds. The van der Waals surface area contributed by atoms with Gasteiger partial charge in [-0.3, -0.25) is 0 Å². The van der Waals surface area contributed by atoms with E-state index in [0.717, 1.165) is 6.07 Å². The molecule has 0 atom stereocenters. The second kappa shape index (κ2) is 6.09. The summed E-state index contributed by atoms with van der Waals surface area (Å²) in [6, 6.07) is 5.57. The molecule has 2 rings (SSSR count). The number of hydrogen-bond donors (Lipinski definition) is 1. The Morgan fingerprint density at radius 1 is 1.38 bits per heavy atom. The highest BCUT2D eigenvalue weighted by Gasteiger charge is 2.13. The number of carbonyl (C=O) groups excluding carboxylic acids is 1. The van der Waals surface area contributed by atoms with Gasteiger partial charge in [-0.15, -0.1) is 0 Å². The Labute approximate surface area is 129 Å². The standard InChI is InChI=1S/C14H12BrFN2O3/c1-7-8(14(19)20-2)3-4-13(18-7)21-12-6-10(16)9(15)5-11(12)17/h3-6H,17H2,1-2H3. The number of esters is 1. The van der Waals surface area contributed by atoms with Crippen molar-refractivity contribution in [3.8, 4) is 11.6 Å². The number of nitrogens with zero attached hydrogens (tertiary/aromatic N) is 1. The van der Waals surface area contributed by atoms with Crippen LogP contribution in [0.3, 0.4) is 0 Å². The first-order valence-electron chi connectivity index (χ1n) is 5.90. The lowest BCUT2D eigenvalue weighted by Crippen LogP contribution is -2.05. The van der Waals surface area contributed by atoms with E-state index >= 15 is 0 Å². The molecular weight excluding hydrogens is 343 g/mol. The molecule has 0 fully saturated rings. The van der Waals surface area contributed by atoms with Crippen LogP contribution in [-0.4, -0.2) is 18.1 Å². The number of halogens is 2. The summed E-state index contributed by atoms with van der Waals surface area (Å²) >= 11 is 3.03. The molecule has 0 saturated heterocycles. The zero-order chi connectivity index (χ0) is 15.6. The van der Waals surface area contributed by atoms with Crippen molar-refractivity contribution in [3.05, 3.63) is 45.8 Å². The van der Waals surface area contributed by atoms with E-state index in [2.05, 4.69) is 25.7 Å². The van der Waals surface area contributed by atoms with E-state index in [1.165, 1.54) is 25.3 Å². The van der Waals surface area contributed by atoms with Crippen molar-refractivity contribution >= 4 is 27.6 Å². The monoisotopic (exact) mass is 354 g/mol. The smallest absolute Gasteiger partial charge is 0.339 e. The molecule has 1 aromatic heterocycles. The quantitative estimate of drug-likeness (QED) is 0.674. The minimum Gasteiger partial charge on any atom is -0.465 e. The van der Waals surface area contributed by atoms with Crippen LogP contribution < -0.4 is 10.5 Å². The third-order valence-corrected chi connectivity index (χ3v) is 3.34. The molecular formula is C14H12BrFN2O3. The summed E-state index contributed by atoms with van der Waals surface area (Å²) in [7, 11) is 1.29. The Kier molecular flexibility index (Phi) is 4.42. The first-order valence-corrected chi connectivity index (χ1v) is 6.70. The second-order valence-corrected chi connectivity index (χ2v) is 5.03. The third kappa shape index (κ3) is 3.30. The van der Waals surface area contributed by atoms with Gasteiger partial charge in [0.25, 0.3) is 0 Å². The van der Waals surface area contributed by atoms with Crippen molar-refractivity contribution < 1.29 is 18.7 Å². The Morgan fingerprint density at radius 3 is 2.71 bits per heavy atom. The van der Waals surface area contributed by atoms with E-state index in [1.807, 2.05) is 0 Å². The van der Waals surface area contributed by atoms with E-state index in [0.29, 0.717) is 11.3 Å². The summed E-state index contributed by atoms with van der Waals surface area (Å²) in [5.74, 6) is -0.634. The maximum atomic E-state index is 13.5. The number of aryl methyl sites for hydroxylation is 1. The molecule has 0 aliphatic heterocycles. The van der Waals surface area contributed by atoms with E-state index in [9.17, 15) is 9.18 Å². The number of ether oxygens (including phenoxy) is 2. The largest absolute Gasteiger partial charge is 0.465 e. The summed E-state index contributed by atoms with van der Waals surface area (Å²) < 4.78 is 23.8. The predicted octanol–water partition coefficient (Wildman–Crippen LogP) is 3.45. The number of pyridine rings is 1. The van der Waals surface area contributed by atoms with Gasteiger partial charge in [-0.25, -0.2) is 14.2 Å². The summed E-state index contributed by atoms with van der Waals surface area (Å²) in [4.78, 5) is 15.6. The minimum absolute atomic E-state index is 0.147. The zero-order valence-corrected chi connectivity index (χ0v) is 12.9. The molecule has 5 nitrogen and oxygen atoms in total. The van der Waals surface area contributed by atoms with Gasteiger partial charge in [-0.2, -0.15) is 0 Å². The lowest BCUT2D eigenvalue weighted by atomic mass is 10.2. The van der Waals surface area contributed by atoms with Crippen molar-refractivity contribution in [1.82, 2.24) is 4.98 Å². The second-order valence-electron chi connectivity index (χ2n) is 4.18. The van der Waals surface area contributed by atoms with Gasteiger partial charge in [-0.1, -0.05) is 0 Å². The number of aromatic nitrogens is 1. The highest BCUT2D eigenvalue weighted by Crippen LogP contribution is 2.31. The highest BCUT2D eigenvalue weighted by atomic mass is 79.9. The molecule has 0 unspecified atom stereocenters. The van der Waals surface area contributed by atoms with Gasteiger partial charge in [0.05, 0.1) is 28.5 Å². The number of rotatable bonds is 3. The Hall–Kier alpha value is -2.15. The molecule has 7 heteroatoms. The number of methoxy groups -OCH3 is 1. The average molecular weight is 355 g/mol. The number of carbonyl (C=O) groups is 1. The van der Waals surface area contributed by atoms with Crippen LogP contribution in [0.25, 0.3) is 0 Å². The zero-order valence-electron chi connectivity index (χ0n) is 11.3. The minimum atomic E-state index is -0.498. The molecule has 0 aliphatic carbocycles. The lowest BCUT2D eigenvalue weighted by molar-refractivity contribution is 0.0599. The average Bonchev–Trinajstić information content (AvgIpc) is 2.44. The molecule has 1 heterocycles. The first-order chi connectivity index (χ1) is 9.92. The number of nitrogens with two attached hydrogens (primary N) is 1. The molecule has 0 radical (unpaired) electrons. The number of hydrogen-bond acceptors (Lipinski definition) is 5. The maximum Gasteiger partial charge on any atom is 0.339 e. The van der Waals surface area contributed by atoms with E-state index in [1.54, 1.807) is 6.92 Å². The number of benzene rings is 1. The molecule has 1 aromatic carbocycles. The van der Waals surface area contributed by atoms with Crippen LogP contribution in [0.4, 0.5) is 10.1 Å². The van der Waals surface area contributed by atoms with Crippen LogP contribution in [0, 0.1) is 12.7 Å². The molecule has 0 spiro atoms. The topological polar surface area (TPSA) is 74.4 Å². The van der Waals surface area contributed by atoms with Gasteiger partial charge in [-0.05, 0) is 35.0 Å². The van der Waals surface area contributed by atoms with Crippen molar-refractivity contribution in [2.24, 2.45) is 0 Å². The number of anilines is 1. The molecule has 21 heavy (non-hydrogen) atoms. The maximum absolute atomic E-state index is 13.5. The predicted molar refractivity (Wildman–Crippen MR) is 78.9 cm³/mol. The normalized spacial score (nSPS) is 10.3. The Bertz CT molecular complexity index is 707. The van der Waals surface area contributed by atoms with Crippen LogP contribution in [0.2, 0.25) is 0 Å². The van der Waals surface area contributed by atoms with Crippen molar-refractivity contribution in [2.75, 3.05) is 12.8 Å². The van der Waals surface area contributed by atoms with Crippen LogP contribution in [-0.2, 0) is 4.74 Å². The van der Waals surface area contributed by atoms with E-state index in [-0.39, 0.29) is 21.8 Å². The lowest BCUT2D eigenvalue weighted by Gasteiger charge is -2.10. The summed E-state index contributed by atoms with van der Waals surface area (Å²) in [6.45, 7) is 1.64. The first kappa shape index (κ1) is 15.2. The SMILES string of the molecule is COC(=O)c1ccc(Oc2cc(F)c(Br)cc2N)nc1C. The van der Waals surface area contributed by atoms with Gasteiger partial charge < -0.3 is 15.2 Å². The fourth-order valence-corrected chi connectivity index (χ4v) is 2.03. The summed E-state index contributed by atoms with van der Waals surface area (Å²) in [5, 5.41) is 0. The molecule has 0 bridgehead atoms. The van der Waals surface area contributed by atoms with Crippen LogP contribution in [0.15, 0.2) is 28.7 Å². The fraction of sp³-hybridized carbons (Fsp3) is 0.143. The molecule has 110 valence electrons. The highest BCUT2D eigenvalue weighted by molar-refractivity contribution is 9.10. The molecule has 0 aliphatic rings. The third-order valence-electron chi connectivity index (χ3n) is 2.73. The molecule has 2 aromatic rings. The van der Waals surface area contributed by atoms with Crippen LogP contribution in [0.5, 0.6) is 11.6 Å². The number of nitrogen functional groups attached to an aromatic ring is 1. The summed E-state index contributed by atoms with van der Waals surface area (Å²) in [5.41, 5.74) is 6.79.